The predicted octanol–water partition coefficient (Wildman–Crippen LogP) is 6.48. The zero-order chi connectivity index (χ0) is 23.6. The van der Waals surface area contributed by atoms with E-state index in [-0.39, 0.29) is 17.5 Å². The molecule has 4 nitrogen and oxygen atoms in total. The van der Waals surface area contributed by atoms with Crippen molar-refractivity contribution in [1.29, 1.82) is 0 Å². The molecule has 2 N–H and O–H groups in total. The molecule has 6 rings (SSSR count). The number of aromatic hydroxyl groups is 2. The molecule has 1 aliphatic rings. The molecule has 4 heteroatoms. The summed E-state index contributed by atoms with van der Waals surface area (Å²) in [7, 11) is 0. The second-order valence-corrected chi connectivity index (χ2v) is 9.02. The van der Waals surface area contributed by atoms with Gasteiger partial charge in [-0.2, -0.15) is 0 Å². The molecule has 0 bridgehead atoms. The molecule has 0 atom stereocenters. The van der Waals surface area contributed by atoms with Gasteiger partial charge in [0.05, 0.1) is 5.56 Å². The summed E-state index contributed by atoms with van der Waals surface area (Å²) in [5.74, 6) is 0.140. The van der Waals surface area contributed by atoms with Crippen LogP contribution in [0.15, 0.2) is 84.9 Å². The second-order valence-electron chi connectivity index (χ2n) is 9.02. The number of carbonyl (C=O) groups is 1. The van der Waals surface area contributed by atoms with Crippen LogP contribution in [0.2, 0.25) is 0 Å². The largest absolute Gasteiger partial charge is 0.508 e. The Morgan fingerprint density at radius 3 is 1.74 bits per heavy atom. The Morgan fingerprint density at radius 1 is 0.647 bits per heavy atom. The highest BCUT2D eigenvalue weighted by atomic mass is 16.6. The number of rotatable bonds is 2. The van der Waals surface area contributed by atoms with E-state index in [4.69, 9.17) is 4.74 Å². The number of fused-ring (bicyclic) bond motifs is 3. The summed E-state index contributed by atoms with van der Waals surface area (Å²) < 4.78 is 6.26. The molecule has 166 valence electrons. The number of benzene rings is 5. The third-order valence-electron chi connectivity index (χ3n) is 6.90. The van der Waals surface area contributed by atoms with Crippen LogP contribution < -0.4 is 0 Å². The molecule has 0 unspecified atom stereocenters. The number of ether oxygens (including phenoxy) is 1. The van der Waals surface area contributed by atoms with E-state index in [1.165, 1.54) is 0 Å². The van der Waals surface area contributed by atoms with E-state index in [1.807, 2.05) is 80.6 Å². The highest BCUT2D eigenvalue weighted by Gasteiger charge is 2.48. The Labute approximate surface area is 196 Å². The quantitative estimate of drug-likeness (QED) is 0.305. The Morgan fingerprint density at radius 2 is 1.18 bits per heavy atom. The number of hydrogen-bond donors (Lipinski definition) is 2. The standard InChI is InChI=1S/C30H22O4/c1-17-11-21-13-23(9-7-19(21)15-27(17)31)30(26-6-4-3-5-25(26)29(33)34-30)24-10-8-20-16-28(32)18(2)12-22(20)14-24/h3-16,31-32H,1-2H3. The maximum atomic E-state index is 13.1. The zero-order valence-corrected chi connectivity index (χ0v) is 18.8. The Kier molecular flexibility index (Phi) is 4.24. The van der Waals surface area contributed by atoms with Gasteiger partial charge in [-0.3, -0.25) is 0 Å². The van der Waals surface area contributed by atoms with Crippen molar-refractivity contribution < 1.29 is 19.7 Å². The molecule has 0 saturated heterocycles. The van der Waals surface area contributed by atoms with Crippen molar-refractivity contribution in [3.8, 4) is 11.5 Å². The lowest BCUT2D eigenvalue weighted by atomic mass is 9.78. The van der Waals surface area contributed by atoms with Crippen LogP contribution in [-0.4, -0.2) is 16.2 Å². The van der Waals surface area contributed by atoms with Crippen LogP contribution >= 0.6 is 0 Å². The summed E-state index contributed by atoms with van der Waals surface area (Å²) >= 11 is 0. The van der Waals surface area contributed by atoms with Gasteiger partial charge in [-0.1, -0.05) is 42.5 Å². The van der Waals surface area contributed by atoms with E-state index in [0.717, 1.165) is 49.4 Å². The van der Waals surface area contributed by atoms with Gasteiger partial charge in [0.15, 0.2) is 5.60 Å². The van der Waals surface area contributed by atoms with Crippen LogP contribution in [0.4, 0.5) is 0 Å². The Balaban J connectivity index is 1.67. The molecule has 34 heavy (non-hydrogen) atoms. The molecule has 0 radical (unpaired) electrons. The smallest absolute Gasteiger partial charge is 0.340 e. The molecule has 5 aromatic rings. The highest BCUT2D eigenvalue weighted by molar-refractivity contribution is 5.97. The maximum Gasteiger partial charge on any atom is 0.340 e. The first-order chi connectivity index (χ1) is 16.4. The highest BCUT2D eigenvalue weighted by Crippen LogP contribution is 2.48. The SMILES string of the molecule is Cc1cc2cc(C3(c4ccc5cc(O)c(C)cc5c4)OC(=O)c4ccccc43)ccc2cc1O. The van der Waals surface area contributed by atoms with E-state index in [2.05, 4.69) is 0 Å². The normalized spacial score (nSPS) is 14.4. The lowest BCUT2D eigenvalue weighted by Crippen LogP contribution is -2.29. The van der Waals surface area contributed by atoms with Crippen LogP contribution in [0.3, 0.4) is 0 Å². The van der Waals surface area contributed by atoms with Gasteiger partial charge >= 0.3 is 5.97 Å². The van der Waals surface area contributed by atoms with Crippen molar-refractivity contribution in [3.63, 3.8) is 0 Å². The molecule has 0 aromatic heterocycles. The van der Waals surface area contributed by atoms with Crippen molar-refractivity contribution in [2.24, 2.45) is 0 Å². The first-order valence-electron chi connectivity index (χ1n) is 11.2. The van der Waals surface area contributed by atoms with Crippen molar-refractivity contribution in [3.05, 3.63) is 118 Å². The summed E-state index contributed by atoms with van der Waals surface area (Å²) in [5.41, 5.74) is 3.45. The summed E-state index contributed by atoms with van der Waals surface area (Å²) in [6.45, 7) is 3.73. The number of cyclic esters (lactones) is 1. The molecule has 0 aliphatic carbocycles. The summed E-state index contributed by atoms with van der Waals surface area (Å²) in [6, 6.07) is 26.8. The van der Waals surface area contributed by atoms with E-state index in [0.29, 0.717) is 5.56 Å². The minimum Gasteiger partial charge on any atom is -0.508 e. The Bertz CT molecular complexity index is 1560. The molecular weight excluding hydrogens is 424 g/mol. The van der Waals surface area contributed by atoms with Crippen molar-refractivity contribution >= 4 is 27.5 Å². The third kappa shape index (κ3) is 2.82. The fourth-order valence-corrected chi connectivity index (χ4v) is 5.05. The average Bonchev–Trinajstić information content (AvgIpc) is 3.13. The zero-order valence-electron chi connectivity index (χ0n) is 18.8. The van der Waals surface area contributed by atoms with Crippen molar-refractivity contribution in [1.82, 2.24) is 0 Å². The fourth-order valence-electron chi connectivity index (χ4n) is 5.05. The second kappa shape index (κ2) is 7.09. The average molecular weight is 447 g/mol. The molecule has 0 saturated carbocycles. The monoisotopic (exact) mass is 446 g/mol. The van der Waals surface area contributed by atoms with E-state index in [9.17, 15) is 15.0 Å². The number of phenols is 2. The molecule has 0 spiro atoms. The lowest BCUT2D eigenvalue weighted by Gasteiger charge is -2.31. The topological polar surface area (TPSA) is 66.8 Å². The van der Waals surface area contributed by atoms with Crippen LogP contribution in [-0.2, 0) is 10.3 Å². The van der Waals surface area contributed by atoms with Gasteiger partial charge in [-0.25, -0.2) is 4.79 Å². The van der Waals surface area contributed by atoms with Crippen molar-refractivity contribution in [2.75, 3.05) is 0 Å². The minimum absolute atomic E-state index is 0.251. The molecular formula is C30H22O4. The summed E-state index contributed by atoms with van der Waals surface area (Å²) in [5, 5.41) is 24.0. The van der Waals surface area contributed by atoms with Gasteiger partial charge in [0.2, 0.25) is 0 Å². The number of aryl methyl sites for hydroxylation is 2. The first-order valence-corrected chi connectivity index (χ1v) is 11.2. The first kappa shape index (κ1) is 20.3. The van der Waals surface area contributed by atoms with Gasteiger partial charge in [-0.05, 0) is 89.0 Å². The van der Waals surface area contributed by atoms with E-state index < -0.39 is 5.60 Å². The van der Waals surface area contributed by atoms with Crippen LogP contribution in [0.25, 0.3) is 21.5 Å². The predicted molar refractivity (Wildman–Crippen MR) is 132 cm³/mol. The third-order valence-corrected chi connectivity index (χ3v) is 6.90. The molecule has 0 amide bonds. The molecule has 0 fully saturated rings. The van der Waals surface area contributed by atoms with Crippen LogP contribution in [0.1, 0.15) is 38.2 Å². The summed E-state index contributed by atoms with van der Waals surface area (Å²) in [4.78, 5) is 13.1. The van der Waals surface area contributed by atoms with Crippen molar-refractivity contribution in [2.45, 2.75) is 19.4 Å². The fraction of sp³-hybridized carbons (Fsp3) is 0.100. The summed E-state index contributed by atoms with van der Waals surface area (Å²) in [6.07, 6.45) is 0. The maximum absolute atomic E-state index is 13.1. The Hall–Kier alpha value is -4.31. The van der Waals surface area contributed by atoms with Gasteiger partial charge in [0.25, 0.3) is 0 Å². The van der Waals surface area contributed by atoms with Gasteiger partial charge in [-0.15, -0.1) is 0 Å². The lowest BCUT2D eigenvalue weighted by molar-refractivity contribution is 0.0252. The molecule has 5 aromatic carbocycles. The molecule has 1 heterocycles. The van der Waals surface area contributed by atoms with E-state index >= 15 is 0 Å². The van der Waals surface area contributed by atoms with Crippen LogP contribution in [0, 0.1) is 13.8 Å². The number of hydrogen-bond acceptors (Lipinski definition) is 4. The van der Waals surface area contributed by atoms with E-state index in [1.54, 1.807) is 18.2 Å². The van der Waals surface area contributed by atoms with Gasteiger partial charge in [0.1, 0.15) is 11.5 Å². The van der Waals surface area contributed by atoms with Gasteiger partial charge in [0, 0.05) is 16.7 Å². The van der Waals surface area contributed by atoms with Gasteiger partial charge < -0.3 is 14.9 Å². The minimum atomic E-state index is -1.12. The number of phenolic OH excluding ortho intramolecular Hbond substituents is 2. The number of carbonyl (C=O) groups excluding carboxylic acids is 1. The molecule has 1 aliphatic heterocycles. The number of esters is 1. The van der Waals surface area contributed by atoms with Crippen LogP contribution in [0.5, 0.6) is 11.5 Å².